The number of benzene rings is 2. The summed E-state index contributed by atoms with van der Waals surface area (Å²) in [5.41, 5.74) is 3.73. The molecule has 0 aliphatic carbocycles. The molecule has 8 heteroatoms. The van der Waals surface area contributed by atoms with Crippen molar-refractivity contribution in [2.45, 2.75) is 0 Å². The predicted molar refractivity (Wildman–Crippen MR) is 108 cm³/mol. The van der Waals surface area contributed by atoms with Crippen molar-refractivity contribution in [1.82, 2.24) is 10.4 Å². The third kappa shape index (κ3) is 4.30. The monoisotopic (exact) mass is 452 g/mol. The van der Waals surface area contributed by atoms with Crippen LogP contribution in [0.2, 0.25) is 5.02 Å². The number of hydrogen-bond donors (Lipinski definition) is 1. The highest BCUT2D eigenvalue weighted by atomic mass is 79.9. The zero-order chi connectivity index (χ0) is 18.0. The molecule has 0 atom stereocenters. The van der Waals surface area contributed by atoms with Crippen LogP contribution < -0.4 is 5.43 Å². The van der Waals surface area contributed by atoms with Crippen LogP contribution in [0.4, 0.5) is 0 Å². The third-order valence-electron chi connectivity index (χ3n) is 3.26. The molecule has 0 bridgehead atoms. The van der Waals surface area contributed by atoms with Gasteiger partial charge in [0.15, 0.2) is 4.32 Å². The lowest BCUT2D eigenvalue weighted by Gasteiger charge is -2.15. The van der Waals surface area contributed by atoms with Crippen LogP contribution in [-0.2, 0) is 4.79 Å². The van der Waals surface area contributed by atoms with E-state index in [-0.39, 0.29) is 10.2 Å². The lowest BCUT2D eigenvalue weighted by atomic mass is 10.2. The number of hydrazine groups is 1. The van der Waals surface area contributed by atoms with Crippen LogP contribution in [0.1, 0.15) is 15.9 Å². The molecule has 1 N–H and O–H groups in total. The highest BCUT2D eigenvalue weighted by Crippen LogP contribution is 2.31. The number of halogens is 2. The maximum Gasteiger partial charge on any atom is 0.285 e. The number of amides is 2. The van der Waals surface area contributed by atoms with E-state index in [0.717, 1.165) is 26.8 Å². The Kier molecular flexibility index (Phi) is 5.58. The lowest BCUT2D eigenvalue weighted by Crippen LogP contribution is -2.44. The van der Waals surface area contributed by atoms with Crippen molar-refractivity contribution in [1.29, 1.82) is 0 Å². The molecule has 126 valence electrons. The molecule has 0 unspecified atom stereocenters. The summed E-state index contributed by atoms with van der Waals surface area (Å²) in [6, 6.07) is 14.0. The molecule has 1 saturated heterocycles. The molecule has 0 radical (unpaired) electrons. The summed E-state index contributed by atoms with van der Waals surface area (Å²) in [4.78, 5) is 25.3. The van der Waals surface area contributed by atoms with E-state index in [1.54, 1.807) is 24.3 Å². The second-order valence-corrected chi connectivity index (χ2v) is 8.05. The number of nitrogens with one attached hydrogen (secondary N) is 1. The van der Waals surface area contributed by atoms with Gasteiger partial charge in [0.1, 0.15) is 0 Å². The van der Waals surface area contributed by atoms with Crippen LogP contribution in [0.25, 0.3) is 6.08 Å². The number of carbonyl (C=O) groups excluding carboxylic acids is 2. The van der Waals surface area contributed by atoms with Crippen molar-refractivity contribution in [3.8, 4) is 0 Å². The van der Waals surface area contributed by atoms with Crippen molar-refractivity contribution >= 4 is 73.7 Å². The van der Waals surface area contributed by atoms with Gasteiger partial charge in [-0.15, -0.1) is 0 Å². The van der Waals surface area contributed by atoms with Gasteiger partial charge in [0, 0.05) is 15.1 Å². The topological polar surface area (TPSA) is 49.4 Å². The van der Waals surface area contributed by atoms with E-state index in [0.29, 0.717) is 15.5 Å². The highest BCUT2D eigenvalue weighted by molar-refractivity contribution is 9.10. The first kappa shape index (κ1) is 18.1. The van der Waals surface area contributed by atoms with E-state index >= 15 is 0 Å². The average molecular weight is 454 g/mol. The summed E-state index contributed by atoms with van der Waals surface area (Å²) in [5.74, 6) is -0.822. The van der Waals surface area contributed by atoms with Crippen LogP contribution >= 0.6 is 51.5 Å². The molecule has 1 aliphatic rings. The predicted octanol–water partition coefficient (Wildman–Crippen LogP) is 4.65. The number of rotatable bonds is 3. The number of hydrogen-bond acceptors (Lipinski definition) is 4. The molecule has 2 aromatic rings. The molecule has 3 rings (SSSR count). The van der Waals surface area contributed by atoms with Crippen LogP contribution in [0.5, 0.6) is 0 Å². The molecule has 1 fully saturated rings. The van der Waals surface area contributed by atoms with E-state index in [1.807, 2.05) is 24.3 Å². The normalized spacial score (nSPS) is 15.8. The largest absolute Gasteiger partial charge is 0.285 e. The standard InChI is InChI=1S/C17H10BrClN2O2S2/c18-12-6-4-10(5-7-12)8-14-16(23)21(17(24)25-14)20-15(22)11-2-1-3-13(19)9-11/h1-9H,(H,20,22)/b14-8-. The Labute approximate surface area is 167 Å². The number of thioether (sulfide) groups is 1. The Hall–Kier alpha value is -1.67. The van der Waals surface area contributed by atoms with Gasteiger partial charge in [-0.25, -0.2) is 0 Å². The fourth-order valence-electron chi connectivity index (χ4n) is 2.07. The Morgan fingerprint density at radius 3 is 2.64 bits per heavy atom. The minimum absolute atomic E-state index is 0.267. The summed E-state index contributed by atoms with van der Waals surface area (Å²) >= 11 is 15.6. The minimum Gasteiger partial charge on any atom is -0.267 e. The van der Waals surface area contributed by atoms with Gasteiger partial charge in [0.25, 0.3) is 11.8 Å². The molecule has 1 heterocycles. The van der Waals surface area contributed by atoms with Gasteiger partial charge in [-0.2, -0.15) is 5.01 Å². The second kappa shape index (κ2) is 7.70. The maximum absolute atomic E-state index is 12.5. The third-order valence-corrected chi connectivity index (χ3v) is 5.33. The van der Waals surface area contributed by atoms with Crippen molar-refractivity contribution in [2.75, 3.05) is 0 Å². The Morgan fingerprint density at radius 2 is 1.96 bits per heavy atom. The van der Waals surface area contributed by atoms with Gasteiger partial charge in [-0.1, -0.05) is 57.5 Å². The Balaban J connectivity index is 1.77. The van der Waals surface area contributed by atoms with Crippen molar-refractivity contribution < 1.29 is 9.59 Å². The molecular weight excluding hydrogens is 444 g/mol. The summed E-state index contributed by atoms with van der Waals surface area (Å²) in [6.45, 7) is 0. The van der Waals surface area contributed by atoms with Crippen LogP contribution in [0.3, 0.4) is 0 Å². The number of nitrogens with zero attached hydrogens (tertiary/aromatic N) is 1. The van der Waals surface area contributed by atoms with Crippen molar-refractivity contribution in [3.05, 3.63) is 74.1 Å². The van der Waals surface area contributed by atoms with E-state index in [9.17, 15) is 9.59 Å². The van der Waals surface area contributed by atoms with Gasteiger partial charge in [-0.3, -0.25) is 15.0 Å². The molecule has 4 nitrogen and oxygen atoms in total. The van der Waals surface area contributed by atoms with Gasteiger partial charge in [0.05, 0.1) is 4.91 Å². The minimum atomic E-state index is -0.455. The van der Waals surface area contributed by atoms with Crippen molar-refractivity contribution in [2.24, 2.45) is 0 Å². The van der Waals surface area contributed by atoms with Gasteiger partial charge < -0.3 is 0 Å². The zero-order valence-corrected chi connectivity index (χ0v) is 16.5. The lowest BCUT2D eigenvalue weighted by molar-refractivity contribution is -0.123. The fraction of sp³-hybridized carbons (Fsp3) is 0. The zero-order valence-electron chi connectivity index (χ0n) is 12.5. The van der Waals surface area contributed by atoms with Crippen LogP contribution in [-0.4, -0.2) is 21.1 Å². The summed E-state index contributed by atoms with van der Waals surface area (Å²) < 4.78 is 1.22. The molecule has 0 spiro atoms. The first-order chi connectivity index (χ1) is 11.9. The Bertz CT molecular complexity index is 900. The van der Waals surface area contributed by atoms with Crippen molar-refractivity contribution in [3.63, 3.8) is 0 Å². The SMILES string of the molecule is O=C(NN1C(=O)/C(=C/c2ccc(Br)cc2)SC1=S)c1cccc(Cl)c1. The summed E-state index contributed by atoms with van der Waals surface area (Å²) in [7, 11) is 0. The molecule has 0 aromatic heterocycles. The smallest absolute Gasteiger partial charge is 0.267 e. The van der Waals surface area contributed by atoms with E-state index in [2.05, 4.69) is 21.4 Å². The van der Waals surface area contributed by atoms with E-state index in [1.165, 1.54) is 6.07 Å². The number of carbonyl (C=O) groups is 2. The first-order valence-corrected chi connectivity index (χ1v) is 9.44. The molecular formula is C17H10BrClN2O2S2. The maximum atomic E-state index is 12.5. The van der Waals surface area contributed by atoms with Crippen LogP contribution in [0.15, 0.2) is 57.9 Å². The van der Waals surface area contributed by atoms with Crippen LogP contribution in [0, 0.1) is 0 Å². The van der Waals surface area contributed by atoms with E-state index in [4.69, 9.17) is 23.8 Å². The first-order valence-electron chi connectivity index (χ1n) is 7.04. The fourth-order valence-corrected chi connectivity index (χ4v) is 3.70. The molecule has 1 aliphatic heterocycles. The molecule has 0 saturated carbocycles. The van der Waals surface area contributed by atoms with E-state index < -0.39 is 5.91 Å². The van der Waals surface area contributed by atoms with Gasteiger partial charge >= 0.3 is 0 Å². The van der Waals surface area contributed by atoms with Gasteiger partial charge in [-0.05, 0) is 54.2 Å². The average Bonchev–Trinajstić information content (AvgIpc) is 2.84. The molecule has 2 amide bonds. The molecule has 2 aromatic carbocycles. The van der Waals surface area contributed by atoms with Gasteiger partial charge in [0.2, 0.25) is 0 Å². The quantitative estimate of drug-likeness (QED) is 0.543. The Morgan fingerprint density at radius 1 is 1.24 bits per heavy atom. The molecule has 25 heavy (non-hydrogen) atoms. The highest BCUT2D eigenvalue weighted by Gasteiger charge is 2.33. The number of thiocarbonyl (C=S) groups is 1. The summed E-state index contributed by atoms with van der Waals surface area (Å²) in [6.07, 6.45) is 1.73. The summed E-state index contributed by atoms with van der Waals surface area (Å²) in [5, 5.41) is 1.52. The second-order valence-electron chi connectivity index (χ2n) is 5.02.